The van der Waals surface area contributed by atoms with Crippen molar-refractivity contribution in [2.45, 2.75) is 31.7 Å². The van der Waals surface area contributed by atoms with Crippen LogP contribution >= 0.6 is 0 Å². The third-order valence-corrected chi connectivity index (χ3v) is 6.01. The number of hydrogen-bond acceptors (Lipinski definition) is 5. The van der Waals surface area contributed by atoms with E-state index in [9.17, 15) is 14.7 Å². The molecule has 174 valence electrons. The molecule has 0 saturated heterocycles. The quantitative estimate of drug-likeness (QED) is 0.387. The maximum Gasteiger partial charge on any atom is 0.416 e. The van der Waals surface area contributed by atoms with Crippen LogP contribution in [0.15, 0.2) is 61.2 Å². The molecule has 2 aromatic heterocycles. The van der Waals surface area contributed by atoms with Gasteiger partial charge < -0.3 is 24.9 Å². The van der Waals surface area contributed by atoms with Gasteiger partial charge in [-0.1, -0.05) is 24.3 Å². The minimum absolute atomic E-state index is 0.136. The zero-order valence-corrected chi connectivity index (χ0v) is 18.5. The Hall–Kier alpha value is -4.27. The highest BCUT2D eigenvalue weighted by Gasteiger charge is 2.26. The summed E-state index contributed by atoms with van der Waals surface area (Å²) in [5.74, 6) is 0.669. The molecule has 0 fully saturated rings. The second-order valence-corrected chi connectivity index (χ2v) is 8.38. The van der Waals surface area contributed by atoms with Crippen molar-refractivity contribution in [1.29, 1.82) is 0 Å². The van der Waals surface area contributed by atoms with E-state index < -0.39 is 12.0 Å². The lowest BCUT2D eigenvalue weighted by atomic mass is 9.92. The number of hydrogen-bond donors (Lipinski definition) is 3. The zero-order valence-electron chi connectivity index (χ0n) is 18.5. The molecule has 34 heavy (non-hydrogen) atoms. The zero-order chi connectivity index (χ0) is 23.7. The number of nitrogens with one attached hydrogen (secondary N) is 2. The number of H-pyrrole nitrogens is 1. The summed E-state index contributed by atoms with van der Waals surface area (Å²) in [5.41, 5.74) is 3.14. The lowest BCUT2D eigenvalue weighted by molar-refractivity contribution is -0.123. The lowest BCUT2D eigenvalue weighted by Crippen LogP contribution is -2.38. The van der Waals surface area contributed by atoms with Crippen LogP contribution < -0.4 is 14.8 Å². The van der Waals surface area contributed by atoms with E-state index in [1.807, 2.05) is 43.3 Å². The van der Waals surface area contributed by atoms with E-state index in [0.717, 1.165) is 22.2 Å². The van der Waals surface area contributed by atoms with Crippen LogP contribution in [-0.2, 0) is 17.6 Å². The molecule has 0 aliphatic carbocycles. The number of benzene rings is 2. The Morgan fingerprint density at radius 1 is 1.18 bits per heavy atom. The first kappa shape index (κ1) is 21.6. The molecule has 5 rings (SSSR count). The second kappa shape index (κ2) is 8.93. The van der Waals surface area contributed by atoms with E-state index in [-0.39, 0.29) is 18.7 Å². The number of fused-ring (bicyclic) bond motifs is 2. The van der Waals surface area contributed by atoms with Crippen molar-refractivity contribution < 1.29 is 24.2 Å². The molecule has 1 aliphatic rings. The number of carboxylic acid groups (broad SMARTS) is 1. The molecule has 9 nitrogen and oxygen atoms in total. The van der Waals surface area contributed by atoms with Gasteiger partial charge in [0.25, 0.3) is 0 Å². The number of carbonyl (C=O) groups excluding carboxylic acids is 1. The molecule has 3 N–H and O–H groups in total. The van der Waals surface area contributed by atoms with Crippen molar-refractivity contribution in [3.8, 4) is 11.5 Å². The second-order valence-electron chi connectivity index (χ2n) is 8.38. The highest BCUT2D eigenvalue weighted by Crippen LogP contribution is 2.35. The average Bonchev–Trinajstić information content (AvgIpc) is 3.57. The molecule has 0 radical (unpaired) electrons. The summed E-state index contributed by atoms with van der Waals surface area (Å²) >= 11 is 0. The van der Waals surface area contributed by atoms with Crippen LogP contribution in [0.5, 0.6) is 11.5 Å². The summed E-state index contributed by atoms with van der Waals surface area (Å²) in [6, 6.07) is 12.7. The molecule has 1 amide bonds. The summed E-state index contributed by atoms with van der Waals surface area (Å²) in [5, 5.41) is 13.5. The van der Waals surface area contributed by atoms with Gasteiger partial charge >= 0.3 is 6.09 Å². The maximum atomic E-state index is 13.4. The van der Waals surface area contributed by atoms with Gasteiger partial charge in [0.1, 0.15) is 0 Å². The summed E-state index contributed by atoms with van der Waals surface area (Å²) < 4.78 is 12.1. The van der Waals surface area contributed by atoms with Crippen molar-refractivity contribution >= 4 is 22.9 Å². The molecule has 2 atom stereocenters. The highest BCUT2D eigenvalue weighted by atomic mass is 16.7. The van der Waals surface area contributed by atoms with E-state index in [0.29, 0.717) is 29.9 Å². The van der Waals surface area contributed by atoms with Crippen LogP contribution in [0.3, 0.4) is 0 Å². The minimum Gasteiger partial charge on any atom is -0.464 e. The molecule has 3 heterocycles. The van der Waals surface area contributed by atoms with Crippen molar-refractivity contribution in [3.63, 3.8) is 0 Å². The minimum atomic E-state index is -1.04. The summed E-state index contributed by atoms with van der Waals surface area (Å²) in [6.45, 7) is 2.08. The molecular weight excluding hydrogens is 436 g/mol. The number of rotatable bonds is 7. The van der Waals surface area contributed by atoms with Crippen molar-refractivity contribution in [2.24, 2.45) is 0 Å². The summed E-state index contributed by atoms with van der Waals surface area (Å²) in [4.78, 5) is 32.2. The number of ether oxygens (including phenoxy) is 2. The Labute approximate surface area is 195 Å². The number of para-hydroxylation sites is 1. The predicted molar refractivity (Wildman–Crippen MR) is 124 cm³/mol. The Kier molecular flexibility index (Phi) is 5.67. The van der Waals surface area contributed by atoms with Crippen LogP contribution in [0.2, 0.25) is 0 Å². The largest absolute Gasteiger partial charge is 0.464 e. The van der Waals surface area contributed by atoms with Gasteiger partial charge in [-0.3, -0.25) is 9.36 Å². The fraction of sp³-hybridized carbons (Fsp3) is 0.240. The van der Waals surface area contributed by atoms with Crippen LogP contribution in [-0.4, -0.2) is 44.5 Å². The maximum absolute atomic E-state index is 13.4. The van der Waals surface area contributed by atoms with Crippen LogP contribution in [0.1, 0.15) is 29.7 Å². The van der Waals surface area contributed by atoms with Gasteiger partial charge in [-0.05, 0) is 42.7 Å². The van der Waals surface area contributed by atoms with Crippen molar-refractivity contribution in [3.05, 3.63) is 78.0 Å². The van der Waals surface area contributed by atoms with Gasteiger partial charge in [0.05, 0.1) is 17.8 Å². The van der Waals surface area contributed by atoms with Crippen molar-refractivity contribution in [2.75, 3.05) is 6.79 Å². The average molecular weight is 460 g/mol. The fourth-order valence-corrected chi connectivity index (χ4v) is 4.40. The number of imidazole rings is 1. The Balaban J connectivity index is 1.37. The SMILES string of the molecule is C[C@H](Cc1cn(C(=O)O)c2ccccc12)NC(=O)C(Cc1cnc[nH]1)c1ccc2c(c1)OCO2. The van der Waals surface area contributed by atoms with E-state index in [4.69, 9.17) is 9.47 Å². The molecule has 1 unspecified atom stereocenters. The van der Waals surface area contributed by atoms with Crippen LogP contribution in [0, 0.1) is 0 Å². The number of nitrogens with zero attached hydrogens (tertiary/aromatic N) is 2. The molecule has 0 spiro atoms. The normalized spacial score (nSPS) is 14.1. The number of aromatic amines is 1. The van der Waals surface area contributed by atoms with Crippen LogP contribution in [0.25, 0.3) is 10.9 Å². The molecule has 9 heteroatoms. The Morgan fingerprint density at radius 3 is 2.79 bits per heavy atom. The molecular formula is C25H24N4O5. The number of aromatic nitrogens is 3. The lowest BCUT2D eigenvalue weighted by Gasteiger charge is -2.21. The topological polar surface area (TPSA) is 118 Å². The monoisotopic (exact) mass is 460 g/mol. The highest BCUT2D eigenvalue weighted by molar-refractivity contribution is 5.91. The van der Waals surface area contributed by atoms with Gasteiger partial charge in [-0.2, -0.15) is 0 Å². The Bertz CT molecular complexity index is 1340. The first-order valence-corrected chi connectivity index (χ1v) is 11.0. The molecule has 0 saturated carbocycles. The third-order valence-electron chi connectivity index (χ3n) is 6.01. The number of carbonyl (C=O) groups is 2. The summed E-state index contributed by atoms with van der Waals surface area (Å²) in [7, 11) is 0. The molecule has 0 bridgehead atoms. The van der Waals surface area contributed by atoms with E-state index in [1.54, 1.807) is 24.8 Å². The van der Waals surface area contributed by atoms with E-state index in [2.05, 4.69) is 15.3 Å². The molecule has 1 aliphatic heterocycles. The van der Waals surface area contributed by atoms with Gasteiger partial charge in [0, 0.05) is 35.9 Å². The van der Waals surface area contributed by atoms with Gasteiger partial charge in [0.2, 0.25) is 12.7 Å². The summed E-state index contributed by atoms with van der Waals surface area (Å²) in [6.07, 6.45) is 4.81. The van der Waals surface area contributed by atoms with Crippen LogP contribution in [0.4, 0.5) is 4.79 Å². The third kappa shape index (κ3) is 4.19. The first-order chi connectivity index (χ1) is 16.5. The van der Waals surface area contributed by atoms with Gasteiger partial charge in [-0.25, -0.2) is 9.78 Å². The number of amides is 1. The molecule has 2 aromatic carbocycles. The fourth-order valence-electron chi connectivity index (χ4n) is 4.40. The smallest absolute Gasteiger partial charge is 0.416 e. The predicted octanol–water partition coefficient (Wildman–Crippen LogP) is 3.69. The van der Waals surface area contributed by atoms with E-state index in [1.165, 1.54) is 4.57 Å². The standard InChI is InChI=1S/C25H24N4O5/c1-15(8-17-12-29(25(31)32)21-5-3-2-4-19(17)21)28-24(30)20(10-18-11-26-13-27-18)16-6-7-22-23(9-16)34-14-33-22/h2-7,9,11-13,15,20H,8,10,14H2,1H3,(H,26,27)(H,28,30)(H,31,32)/t15-,20?/m1/s1. The van der Waals surface area contributed by atoms with Gasteiger partial charge in [-0.15, -0.1) is 0 Å². The van der Waals surface area contributed by atoms with Crippen molar-refractivity contribution in [1.82, 2.24) is 19.9 Å². The first-order valence-electron chi connectivity index (χ1n) is 11.0. The van der Waals surface area contributed by atoms with Gasteiger partial charge in [0.15, 0.2) is 11.5 Å². The van der Waals surface area contributed by atoms with E-state index >= 15 is 0 Å². The molecule has 4 aromatic rings. The Morgan fingerprint density at radius 2 is 2.00 bits per heavy atom.